The third-order valence-corrected chi connectivity index (χ3v) is 6.20. The fourth-order valence-electron chi connectivity index (χ4n) is 3.34. The van der Waals surface area contributed by atoms with Crippen molar-refractivity contribution in [1.29, 1.82) is 0 Å². The maximum absolute atomic E-state index is 12.7. The summed E-state index contributed by atoms with van der Waals surface area (Å²) in [5.74, 6) is -0.356. The van der Waals surface area contributed by atoms with Gasteiger partial charge in [-0.2, -0.15) is 0 Å². The first-order valence-electron chi connectivity index (χ1n) is 9.83. The largest absolute Gasteiger partial charge is 0.347 e. The molecule has 3 amide bonds. The van der Waals surface area contributed by atoms with E-state index < -0.39 is 0 Å². The van der Waals surface area contributed by atoms with Gasteiger partial charge in [-0.1, -0.05) is 29.8 Å². The number of hydrogen-bond donors (Lipinski definition) is 2. The molecule has 1 fully saturated rings. The molecular weight excluding hydrogens is 434 g/mol. The summed E-state index contributed by atoms with van der Waals surface area (Å²) < 4.78 is 0. The zero-order valence-electron chi connectivity index (χ0n) is 16.6. The molecular formula is C23H20ClN3O3S. The molecule has 0 saturated carbocycles. The van der Waals surface area contributed by atoms with Gasteiger partial charge in [-0.25, -0.2) is 0 Å². The Morgan fingerprint density at radius 1 is 1.06 bits per heavy atom. The van der Waals surface area contributed by atoms with Crippen molar-refractivity contribution in [3.8, 4) is 0 Å². The van der Waals surface area contributed by atoms with E-state index in [-0.39, 0.29) is 17.7 Å². The van der Waals surface area contributed by atoms with Crippen LogP contribution in [0.3, 0.4) is 0 Å². The second kappa shape index (κ2) is 9.32. The van der Waals surface area contributed by atoms with Gasteiger partial charge in [0.1, 0.15) is 0 Å². The van der Waals surface area contributed by atoms with E-state index in [1.165, 1.54) is 11.3 Å². The molecule has 8 heteroatoms. The summed E-state index contributed by atoms with van der Waals surface area (Å²) in [6.45, 7) is 1.04. The van der Waals surface area contributed by atoms with Crippen LogP contribution in [0.15, 0.2) is 60.0 Å². The van der Waals surface area contributed by atoms with Crippen molar-refractivity contribution >= 4 is 52.0 Å². The van der Waals surface area contributed by atoms with Crippen LogP contribution in [0.4, 0.5) is 11.4 Å². The predicted octanol–water partition coefficient (Wildman–Crippen LogP) is 4.71. The maximum Gasteiger partial charge on any atom is 0.261 e. The number of carbonyl (C=O) groups excluding carboxylic acids is 3. The first-order chi connectivity index (χ1) is 15.0. The highest BCUT2D eigenvalue weighted by molar-refractivity contribution is 7.12. The van der Waals surface area contributed by atoms with Crippen molar-refractivity contribution in [2.24, 2.45) is 0 Å². The number of hydrogen-bond acceptors (Lipinski definition) is 4. The first-order valence-corrected chi connectivity index (χ1v) is 11.1. The lowest BCUT2D eigenvalue weighted by Crippen LogP contribution is -2.24. The van der Waals surface area contributed by atoms with E-state index in [1.54, 1.807) is 53.4 Å². The number of benzene rings is 2. The van der Waals surface area contributed by atoms with Crippen LogP contribution in [0.2, 0.25) is 5.02 Å². The van der Waals surface area contributed by atoms with Crippen molar-refractivity contribution in [3.63, 3.8) is 0 Å². The number of thiophene rings is 1. The highest BCUT2D eigenvalue weighted by Crippen LogP contribution is 2.30. The van der Waals surface area contributed by atoms with Crippen molar-refractivity contribution < 1.29 is 14.4 Å². The Bertz CT molecular complexity index is 1110. The lowest BCUT2D eigenvalue weighted by molar-refractivity contribution is -0.117. The second-order valence-electron chi connectivity index (χ2n) is 7.12. The summed E-state index contributed by atoms with van der Waals surface area (Å²) >= 11 is 7.64. The Morgan fingerprint density at radius 3 is 2.55 bits per heavy atom. The molecule has 1 aliphatic heterocycles. The summed E-state index contributed by atoms with van der Waals surface area (Å²) in [5, 5.41) is 7.93. The number of anilines is 2. The van der Waals surface area contributed by atoms with Gasteiger partial charge in [0.2, 0.25) is 5.91 Å². The van der Waals surface area contributed by atoms with Crippen LogP contribution in [0.25, 0.3) is 0 Å². The summed E-state index contributed by atoms with van der Waals surface area (Å²) in [4.78, 5) is 39.1. The molecule has 6 nitrogen and oxygen atoms in total. The average Bonchev–Trinajstić information content (AvgIpc) is 3.46. The number of nitrogens with one attached hydrogen (secondary N) is 2. The molecule has 0 aliphatic carbocycles. The highest BCUT2D eigenvalue weighted by atomic mass is 35.5. The van der Waals surface area contributed by atoms with Gasteiger partial charge in [-0.05, 0) is 53.8 Å². The van der Waals surface area contributed by atoms with Gasteiger partial charge in [-0.3, -0.25) is 14.4 Å². The van der Waals surface area contributed by atoms with Gasteiger partial charge in [0, 0.05) is 30.8 Å². The minimum atomic E-state index is -0.305. The van der Waals surface area contributed by atoms with E-state index in [9.17, 15) is 14.4 Å². The first kappa shape index (κ1) is 21.1. The number of rotatable bonds is 6. The third kappa shape index (κ3) is 4.95. The summed E-state index contributed by atoms with van der Waals surface area (Å²) in [5.41, 5.74) is 2.52. The van der Waals surface area contributed by atoms with E-state index in [4.69, 9.17) is 11.6 Å². The smallest absolute Gasteiger partial charge is 0.261 e. The SMILES string of the molecule is O=C(Nc1cc(N2CCCC2=O)ccc1Cl)c1ccc(CNC(=O)c2cccs2)cc1. The van der Waals surface area contributed by atoms with Gasteiger partial charge in [0.05, 0.1) is 15.6 Å². The van der Waals surface area contributed by atoms with Crippen LogP contribution in [0.5, 0.6) is 0 Å². The fourth-order valence-corrected chi connectivity index (χ4v) is 4.15. The second-order valence-corrected chi connectivity index (χ2v) is 8.48. The topological polar surface area (TPSA) is 78.5 Å². The molecule has 3 aromatic rings. The van der Waals surface area contributed by atoms with E-state index in [0.29, 0.717) is 40.7 Å². The summed E-state index contributed by atoms with van der Waals surface area (Å²) in [6.07, 6.45) is 1.35. The maximum atomic E-state index is 12.7. The fraction of sp³-hybridized carbons (Fsp3) is 0.174. The van der Waals surface area contributed by atoms with Crippen LogP contribution in [-0.2, 0) is 11.3 Å². The van der Waals surface area contributed by atoms with E-state index >= 15 is 0 Å². The number of carbonyl (C=O) groups is 3. The number of amides is 3. The lowest BCUT2D eigenvalue weighted by Gasteiger charge is -2.17. The Hall–Kier alpha value is -3.16. The summed E-state index contributed by atoms with van der Waals surface area (Å²) in [7, 11) is 0. The third-order valence-electron chi connectivity index (χ3n) is 5.00. The van der Waals surface area contributed by atoms with Gasteiger partial charge in [0.15, 0.2) is 0 Å². The Morgan fingerprint density at radius 2 is 1.87 bits per heavy atom. The minimum absolute atomic E-state index is 0.0707. The van der Waals surface area contributed by atoms with Crippen molar-refractivity contribution in [1.82, 2.24) is 5.32 Å². The van der Waals surface area contributed by atoms with E-state index in [0.717, 1.165) is 17.7 Å². The quantitative estimate of drug-likeness (QED) is 0.567. The molecule has 31 heavy (non-hydrogen) atoms. The zero-order chi connectivity index (χ0) is 21.8. The molecule has 0 radical (unpaired) electrons. The van der Waals surface area contributed by atoms with Gasteiger partial charge in [0.25, 0.3) is 11.8 Å². The zero-order valence-corrected chi connectivity index (χ0v) is 18.1. The minimum Gasteiger partial charge on any atom is -0.347 e. The summed E-state index contributed by atoms with van der Waals surface area (Å²) in [6, 6.07) is 15.8. The van der Waals surface area contributed by atoms with Crippen LogP contribution in [-0.4, -0.2) is 24.3 Å². The van der Waals surface area contributed by atoms with Gasteiger partial charge >= 0.3 is 0 Å². The molecule has 2 N–H and O–H groups in total. The van der Waals surface area contributed by atoms with Crippen molar-refractivity contribution in [2.45, 2.75) is 19.4 Å². The molecule has 158 valence electrons. The Balaban J connectivity index is 1.39. The number of halogens is 1. The van der Waals surface area contributed by atoms with Crippen molar-refractivity contribution in [3.05, 3.63) is 81.0 Å². The molecule has 1 aromatic heterocycles. The Labute approximate surface area is 188 Å². The molecule has 1 aliphatic rings. The molecule has 0 spiro atoms. The van der Waals surface area contributed by atoms with Gasteiger partial charge < -0.3 is 15.5 Å². The number of nitrogens with zero attached hydrogens (tertiary/aromatic N) is 1. The molecule has 2 aromatic carbocycles. The molecule has 0 unspecified atom stereocenters. The standard InChI is InChI=1S/C23H20ClN3O3S/c24-18-10-9-17(27-11-1-4-21(27)28)13-19(18)26-22(29)16-7-5-15(6-8-16)14-25-23(30)20-3-2-12-31-20/h2-3,5-10,12-13H,1,4,11,14H2,(H,25,30)(H,26,29). The highest BCUT2D eigenvalue weighted by Gasteiger charge is 2.22. The molecule has 0 atom stereocenters. The van der Waals surface area contributed by atoms with Gasteiger partial charge in [-0.15, -0.1) is 11.3 Å². The predicted molar refractivity (Wildman–Crippen MR) is 123 cm³/mol. The molecule has 0 bridgehead atoms. The average molecular weight is 454 g/mol. The lowest BCUT2D eigenvalue weighted by atomic mass is 10.1. The molecule has 1 saturated heterocycles. The van der Waals surface area contributed by atoms with Crippen LogP contribution >= 0.6 is 22.9 Å². The monoisotopic (exact) mass is 453 g/mol. The van der Waals surface area contributed by atoms with Crippen LogP contribution < -0.4 is 15.5 Å². The normalized spacial score (nSPS) is 13.3. The molecule has 4 rings (SSSR count). The van der Waals surface area contributed by atoms with Crippen LogP contribution in [0, 0.1) is 0 Å². The van der Waals surface area contributed by atoms with E-state index in [1.807, 2.05) is 11.4 Å². The Kier molecular flexibility index (Phi) is 6.34. The van der Waals surface area contributed by atoms with Crippen LogP contribution in [0.1, 0.15) is 38.4 Å². The van der Waals surface area contributed by atoms with E-state index in [2.05, 4.69) is 10.6 Å². The molecule has 2 heterocycles. The van der Waals surface area contributed by atoms with Crippen molar-refractivity contribution in [2.75, 3.05) is 16.8 Å².